The van der Waals surface area contributed by atoms with Gasteiger partial charge in [-0.05, 0) is 27.7 Å². The topological polar surface area (TPSA) is 23.6 Å². The fourth-order valence-electron chi connectivity index (χ4n) is 1.73. The summed E-state index contributed by atoms with van der Waals surface area (Å²) in [5.41, 5.74) is -1.49. The lowest BCUT2D eigenvalue weighted by Gasteiger charge is -2.27. The van der Waals surface area contributed by atoms with Crippen molar-refractivity contribution in [2.45, 2.75) is 33.9 Å². The van der Waals surface area contributed by atoms with E-state index in [0.717, 1.165) is 9.80 Å². The molecule has 0 unspecified atom stereocenters. The Morgan fingerprint density at radius 1 is 0.895 bits per heavy atom. The molecule has 0 saturated heterocycles. The molecule has 0 aliphatic rings. The van der Waals surface area contributed by atoms with Gasteiger partial charge in [-0.15, -0.1) is 0 Å². The summed E-state index contributed by atoms with van der Waals surface area (Å²) in [5, 5.41) is 0. The van der Waals surface area contributed by atoms with Crippen molar-refractivity contribution in [1.29, 1.82) is 0 Å². The number of hydrogen-bond donors (Lipinski definition) is 0. The first-order chi connectivity index (χ1) is 8.74. The normalized spacial score (nSPS) is 13.1. The Morgan fingerprint density at radius 3 is 1.53 bits per heavy atom. The second kappa shape index (κ2) is 7.35. The van der Waals surface area contributed by atoms with Crippen LogP contribution in [0.5, 0.6) is 0 Å². The summed E-state index contributed by atoms with van der Waals surface area (Å²) in [5.74, 6) is -2.95. The highest BCUT2D eigenvalue weighted by molar-refractivity contribution is 5.92. The van der Waals surface area contributed by atoms with Crippen LogP contribution >= 0.6 is 0 Å². The summed E-state index contributed by atoms with van der Waals surface area (Å²) in [4.78, 5) is 13.5. The van der Waals surface area contributed by atoms with Crippen LogP contribution in [0.3, 0.4) is 0 Å². The Morgan fingerprint density at radius 2 is 1.26 bits per heavy atom. The monoisotopic (exact) mass is 284 g/mol. The van der Waals surface area contributed by atoms with Crippen molar-refractivity contribution in [3.8, 4) is 0 Å². The lowest BCUT2D eigenvalue weighted by molar-refractivity contribution is -0.133. The number of carbonyl (C=O) groups is 1. The molecule has 112 valence electrons. The highest BCUT2D eigenvalue weighted by Gasteiger charge is 2.42. The van der Waals surface area contributed by atoms with Crippen molar-refractivity contribution in [2.75, 3.05) is 26.2 Å². The number of carbonyl (C=O) groups excluding carboxylic acids is 1. The molecule has 0 aromatic carbocycles. The Balaban J connectivity index is 5.66. The van der Waals surface area contributed by atoms with Gasteiger partial charge < -0.3 is 9.80 Å². The first-order valence-electron chi connectivity index (χ1n) is 6.25. The maximum atomic E-state index is 13.9. The average molecular weight is 284 g/mol. The van der Waals surface area contributed by atoms with E-state index >= 15 is 0 Å². The smallest absolute Gasteiger partial charge is 0.366 e. The van der Waals surface area contributed by atoms with Gasteiger partial charge in [-0.3, -0.25) is 4.79 Å². The summed E-state index contributed by atoms with van der Waals surface area (Å²) in [6.45, 7) is 6.39. The van der Waals surface area contributed by atoms with Gasteiger partial charge in [0, 0.05) is 26.2 Å². The lowest BCUT2D eigenvalue weighted by atomic mass is 10.2. The summed E-state index contributed by atoms with van der Waals surface area (Å²) >= 11 is 0. The van der Waals surface area contributed by atoms with Crippen LogP contribution in [0.25, 0.3) is 0 Å². The molecule has 0 rings (SSSR count). The van der Waals surface area contributed by atoms with E-state index in [0.29, 0.717) is 0 Å². The second-order valence-corrected chi connectivity index (χ2v) is 3.81. The molecule has 0 aromatic rings. The summed E-state index contributed by atoms with van der Waals surface area (Å²) in [6.07, 6.45) is -4.89. The first-order valence-corrected chi connectivity index (χ1v) is 6.25. The van der Waals surface area contributed by atoms with Crippen molar-refractivity contribution in [3.63, 3.8) is 0 Å². The van der Waals surface area contributed by atoms with Gasteiger partial charge in [0.1, 0.15) is 0 Å². The average Bonchev–Trinajstić information content (AvgIpc) is 2.34. The van der Waals surface area contributed by atoms with Crippen LogP contribution in [0.4, 0.5) is 17.6 Å². The molecule has 0 bridgehead atoms. The minimum Gasteiger partial charge on any atom is -0.366 e. The number of likely N-dealkylation sites (N-methyl/N-ethyl adjacent to an activating group) is 1. The summed E-state index contributed by atoms with van der Waals surface area (Å²) in [6, 6.07) is 0. The van der Waals surface area contributed by atoms with E-state index < -0.39 is 23.6 Å². The SMILES string of the molecule is CCN(CC)C(=O)/C(F)=C(\N(CC)CC)C(F)(F)F. The van der Waals surface area contributed by atoms with Crippen molar-refractivity contribution in [3.05, 3.63) is 11.5 Å². The van der Waals surface area contributed by atoms with E-state index in [1.165, 1.54) is 13.8 Å². The number of hydrogen-bond acceptors (Lipinski definition) is 2. The molecule has 0 radical (unpaired) electrons. The quantitative estimate of drug-likeness (QED) is 0.553. The Labute approximate surface area is 110 Å². The van der Waals surface area contributed by atoms with Gasteiger partial charge >= 0.3 is 6.18 Å². The molecule has 0 N–H and O–H groups in total. The van der Waals surface area contributed by atoms with E-state index in [2.05, 4.69) is 0 Å². The molecule has 1 amide bonds. The zero-order valence-electron chi connectivity index (χ0n) is 11.6. The van der Waals surface area contributed by atoms with E-state index in [-0.39, 0.29) is 26.2 Å². The van der Waals surface area contributed by atoms with Crippen molar-refractivity contribution >= 4 is 5.91 Å². The third-order valence-corrected chi connectivity index (χ3v) is 2.79. The van der Waals surface area contributed by atoms with Crippen LogP contribution in [-0.2, 0) is 4.79 Å². The number of rotatable bonds is 6. The van der Waals surface area contributed by atoms with Gasteiger partial charge in [0.05, 0.1) is 0 Å². The van der Waals surface area contributed by atoms with E-state index in [9.17, 15) is 22.4 Å². The third kappa shape index (κ3) is 4.40. The van der Waals surface area contributed by atoms with Crippen LogP contribution in [-0.4, -0.2) is 48.1 Å². The highest BCUT2D eigenvalue weighted by atomic mass is 19.4. The van der Waals surface area contributed by atoms with Crippen LogP contribution in [0.2, 0.25) is 0 Å². The van der Waals surface area contributed by atoms with Gasteiger partial charge in [-0.25, -0.2) is 0 Å². The van der Waals surface area contributed by atoms with Gasteiger partial charge in [-0.2, -0.15) is 17.6 Å². The Hall–Kier alpha value is -1.27. The Kier molecular flexibility index (Phi) is 6.86. The Bertz CT molecular complexity index is 331. The number of amides is 1. The lowest BCUT2D eigenvalue weighted by Crippen LogP contribution is -2.37. The predicted octanol–water partition coefficient (Wildman–Crippen LogP) is 2.94. The second-order valence-electron chi connectivity index (χ2n) is 3.81. The molecule has 0 spiro atoms. The molecule has 0 atom stereocenters. The molecule has 0 saturated carbocycles. The zero-order chi connectivity index (χ0) is 15.2. The van der Waals surface area contributed by atoms with Gasteiger partial charge in [0.25, 0.3) is 5.91 Å². The molecular weight excluding hydrogens is 264 g/mol. The zero-order valence-corrected chi connectivity index (χ0v) is 11.6. The predicted molar refractivity (Wildman–Crippen MR) is 65.0 cm³/mol. The van der Waals surface area contributed by atoms with Crippen molar-refractivity contribution in [1.82, 2.24) is 9.80 Å². The molecular formula is C12H20F4N2O. The first kappa shape index (κ1) is 17.7. The van der Waals surface area contributed by atoms with E-state index in [1.807, 2.05) is 0 Å². The van der Waals surface area contributed by atoms with Gasteiger partial charge in [0.15, 0.2) is 5.70 Å². The maximum Gasteiger partial charge on any atom is 0.434 e. The number of halogens is 4. The number of nitrogens with zero attached hydrogens (tertiary/aromatic N) is 2. The standard InChI is InChI=1S/C12H20F4N2O/c1-5-17(6-2)10(12(14,15)16)9(13)11(19)18(7-3)8-4/h5-8H2,1-4H3/b10-9+. The van der Waals surface area contributed by atoms with Crippen LogP contribution in [0, 0.1) is 0 Å². The van der Waals surface area contributed by atoms with Crippen molar-refractivity contribution < 1.29 is 22.4 Å². The van der Waals surface area contributed by atoms with Gasteiger partial charge in [-0.1, -0.05) is 0 Å². The van der Waals surface area contributed by atoms with Crippen molar-refractivity contribution in [2.24, 2.45) is 0 Å². The van der Waals surface area contributed by atoms with E-state index in [1.54, 1.807) is 13.8 Å². The van der Waals surface area contributed by atoms with Crippen LogP contribution in [0.15, 0.2) is 11.5 Å². The fourth-order valence-corrected chi connectivity index (χ4v) is 1.73. The largest absolute Gasteiger partial charge is 0.434 e. The number of alkyl halides is 3. The molecule has 0 aliphatic carbocycles. The minimum atomic E-state index is -4.89. The molecule has 7 heteroatoms. The minimum absolute atomic E-state index is 0.0235. The van der Waals surface area contributed by atoms with E-state index in [4.69, 9.17) is 0 Å². The highest BCUT2D eigenvalue weighted by Crippen LogP contribution is 2.32. The third-order valence-electron chi connectivity index (χ3n) is 2.79. The molecule has 19 heavy (non-hydrogen) atoms. The van der Waals surface area contributed by atoms with Crippen LogP contribution < -0.4 is 0 Å². The fraction of sp³-hybridized carbons (Fsp3) is 0.750. The molecule has 0 heterocycles. The summed E-state index contributed by atoms with van der Waals surface area (Å²) in [7, 11) is 0. The molecule has 0 aromatic heterocycles. The maximum absolute atomic E-state index is 13.9. The molecule has 0 aliphatic heterocycles. The van der Waals surface area contributed by atoms with Crippen LogP contribution in [0.1, 0.15) is 27.7 Å². The van der Waals surface area contributed by atoms with Gasteiger partial charge in [0.2, 0.25) is 5.83 Å². The molecule has 3 nitrogen and oxygen atoms in total. The summed E-state index contributed by atoms with van der Waals surface area (Å²) < 4.78 is 52.7. The number of allylic oxidation sites excluding steroid dienone is 1. The molecule has 0 fully saturated rings.